The number of carbonyl (C=O) groups excluding carboxylic acids is 1. The van der Waals surface area contributed by atoms with Crippen molar-refractivity contribution in [3.63, 3.8) is 0 Å². The number of nitrogens with one attached hydrogen (secondary N) is 1. The first kappa shape index (κ1) is 21.5. The van der Waals surface area contributed by atoms with E-state index in [4.69, 9.17) is 15.9 Å². The summed E-state index contributed by atoms with van der Waals surface area (Å²) in [6, 6.07) is 4.39. The largest absolute Gasteiger partial charge is 0.459 e. The van der Waals surface area contributed by atoms with E-state index in [9.17, 15) is 4.79 Å². The predicted molar refractivity (Wildman–Crippen MR) is 114 cm³/mol. The Morgan fingerprint density at radius 2 is 1.83 bits per heavy atom. The molecule has 2 saturated heterocycles. The molecule has 0 spiro atoms. The molecule has 29 heavy (non-hydrogen) atoms. The molecule has 2 aliphatic rings. The summed E-state index contributed by atoms with van der Waals surface area (Å²) in [5.41, 5.74) is 6.66. The fourth-order valence-corrected chi connectivity index (χ4v) is 4.08. The van der Waals surface area contributed by atoms with Gasteiger partial charge in [-0.2, -0.15) is 0 Å². The second-order valence-electron chi connectivity index (χ2n) is 8.93. The number of nitrogens with zero attached hydrogens (tertiary/aromatic N) is 4. The fourth-order valence-electron chi connectivity index (χ4n) is 4.08. The zero-order chi connectivity index (χ0) is 21.0. The molecule has 2 aliphatic heterocycles. The Morgan fingerprint density at radius 1 is 1.17 bits per heavy atom. The summed E-state index contributed by atoms with van der Waals surface area (Å²) in [5.74, 6) is -0.131. The highest BCUT2D eigenvalue weighted by Gasteiger charge is 2.29. The number of nitrogen functional groups attached to an aromatic ring is 1. The van der Waals surface area contributed by atoms with Crippen LogP contribution < -0.4 is 10.6 Å². The van der Waals surface area contributed by atoms with Crippen LogP contribution in [0.1, 0.15) is 39.3 Å². The van der Waals surface area contributed by atoms with Gasteiger partial charge in [0.2, 0.25) is 0 Å². The third-order valence-corrected chi connectivity index (χ3v) is 5.55. The van der Waals surface area contributed by atoms with Gasteiger partial charge in [-0.3, -0.25) is 25.0 Å². The molecule has 1 aromatic heterocycles. The van der Waals surface area contributed by atoms with Crippen molar-refractivity contribution in [1.29, 1.82) is 5.41 Å². The number of likely N-dealkylation sites (tertiary alicyclic amines) is 1. The number of anilines is 1. The average molecular weight is 403 g/mol. The minimum atomic E-state index is -0.420. The molecule has 0 aliphatic carbocycles. The number of aromatic nitrogens is 1. The van der Waals surface area contributed by atoms with Crippen molar-refractivity contribution < 1.29 is 9.53 Å². The zero-order valence-corrected chi connectivity index (χ0v) is 17.9. The molecule has 0 unspecified atom stereocenters. The average Bonchev–Trinajstić information content (AvgIpc) is 2.67. The van der Waals surface area contributed by atoms with Crippen molar-refractivity contribution in [3.05, 3.63) is 24.0 Å². The van der Waals surface area contributed by atoms with Gasteiger partial charge in [0, 0.05) is 45.3 Å². The number of hydrogen-bond acceptors (Lipinski definition) is 7. The lowest BCUT2D eigenvalue weighted by Crippen LogP contribution is -2.53. The van der Waals surface area contributed by atoms with Gasteiger partial charge in [-0.25, -0.2) is 0 Å². The molecule has 3 heterocycles. The van der Waals surface area contributed by atoms with E-state index in [1.807, 2.05) is 39.1 Å². The molecule has 0 bridgehead atoms. The predicted octanol–water partition coefficient (Wildman–Crippen LogP) is 1.29. The van der Waals surface area contributed by atoms with Gasteiger partial charge in [0.25, 0.3) is 0 Å². The van der Waals surface area contributed by atoms with Gasteiger partial charge in [0.15, 0.2) is 0 Å². The summed E-state index contributed by atoms with van der Waals surface area (Å²) in [4.78, 5) is 23.4. The van der Waals surface area contributed by atoms with Crippen LogP contribution in [0, 0.1) is 5.41 Å². The van der Waals surface area contributed by atoms with E-state index in [-0.39, 0.29) is 11.8 Å². The highest BCUT2D eigenvalue weighted by Crippen LogP contribution is 2.21. The first-order valence-corrected chi connectivity index (χ1v) is 10.4. The normalized spacial score (nSPS) is 19.9. The first-order chi connectivity index (χ1) is 13.7. The van der Waals surface area contributed by atoms with Gasteiger partial charge in [0.05, 0.1) is 18.4 Å². The molecule has 8 heteroatoms. The summed E-state index contributed by atoms with van der Waals surface area (Å²) in [6.45, 7) is 12.0. The topological polar surface area (TPSA) is 98.8 Å². The van der Waals surface area contributed by atoms with E-state index in [2.05, 4.69) is 19.7 Å². The minimum absolute atomic E-state index is 0.000574. The van der Waals surface area contributed by atoms with Gasteiger partial charge in [-0.15, -0.1) is 0 Å². The molecule has 2 fully saturated rings. The SMILES string of the molecule is CC(C)(C)OC(=O)CN1CCC(N2CCN(c3ccc(C(=N)N)nc3)CC2)CC1. The molecular weight excluding hydrogens is 368 g/mol. The summed E-state index contributed by atoms with van der Waals surface area (Å²) >= 11 is 0. The molecule has 0 saturated carbocycles. The molecule has 0 amide bonds. The van der Waals surface area contributed by atoms with Crippen molar-refractivity contribution >= 4 is 17.5 Å². The van der Waals surface area contributed by atoms with Crippen LogP contribution in [0.2, 0.25) is 0 Å². The van der Waals surface area contributed by atoms with E-state index < -0.39 is 5.60 Å². The van der Waals surface area contributed by atoms with Crippen LogP contribution in [-0.4, -0.2) is 84.0 Å². The number of pyridine rings is 1. The van der Waals surface area contributed by atoms with E-state index in [1.54, 1.807) is 0 Å². The highest BCUT2D eigenvalue weighted by atomic mass is 16.6. The van der Waals surface area contributed by atoms with Gasteiger partial charge in [0.1, 0.15) is 17.1 Å². The lowest BCUT2D eigenvalue weighted by Gasteiger charge is -2.43. The second kappa shape index (κ2) is 9.09. The number of piperidine rings is 1. The third-order valence-electron chi connectivity index (χ3n) is 5.55. The number of nitrogens with two attached hydrogens (primary N) is 1. The number of piperazine rings is 1. The number of carbonyl (C=O) groups is 1. The molecule has 3 N–H and O–H groups in total. The van der Waals surface area contributed by atoms with Crippen LogP contribution in [0.5, 0.6) is 0 Å². The van der Waals surface area contributed by atoms with E-state index in [1.165, 1.54) is 0 Å². The van der Waals surface area contributed by atoms with Gasteiger partial charge in [-0.05, 0) is 45.7 Å². The number of esters is 1. The van der Waals surface area contributed by atoms with E-state index >= 15 is 0 Å². The summed E-state index contributed by atoms with van der Waals surface area (Å²) in [5, 5.41) is 7.45. The van der Waals surface area contributed by atoms with E-state index in [0.717, 1.165) is 57.8 Å². The molecule has 3 rings (SSSR count). The van der Waals surface area contributed by atoms with Crippen LogP contribution in [0.3, 0.4) is 0 Å². The third kappa shape index (κ3) is 6.14. The van der Waals surface area contributed by atoms with Crippen molar-refractivity contribution in [1.82, 2.24) is 14.8 Å². The Morgan fingerprint density at radius 3 is 2.34 bits per heavy atom. The number of amidine groups is 1. The zero-order valence-electron chi connectivity index (χ0n) is 17.9. The number of ether oxygens (including phenoxy) is 1. The summed E-state index contributed by atoms with van der Waals surface area (Å²) in [6.07, 6.45) is 4.00. The molecule has 0 radical (unpaired) electrons. The van der Waals surface area contributed by atoms with Crippen LogP contribution in [0.25, 0.3) is 0 Å². The molecule has 0 atom stereocenters. The Hall–Kier alpha value is -2.19. The lowest BCUT2D eigenvalue weighted by atomic mass is 10.0. The molecule has 1 aromatic rings. The Bertz CT molecular complexity index is 699. The lowest BCUT2D eigenvalue weighted by molar-refractivity contribution is -0.156. The number of hydrogen-bond donors (Lipinski definition) is 2. The van der Waals surface area contributed by atoms with Gasteiger partial charge < -0.3 is 15.4 Å². The summed E-state index contributed by atoms with van der Waals surface area (Å²) in [7, 11) is 0. The second-order valence-corrected chi connectivity index (χ2v) is 8.93. The Balaban J connectivity index is 1.42. The van der Waals surface area contributed by atoms with E-state index in [0.29, 0.717) is 18.3 Å². The quantitative estimate of drug-likeness (QED) is 0.435. The van der Waals surface area contributed by atoms with Crippen LogP contribution in [-0.2, 0) is 9.53 Å². The Labute approximate surface area is 173 Å². The standard InChI is InChI=1S/C21H34N6O2/c1-21(2,3)29-19(28)15-25-8-6-16(7-9-25)26-10-12-27(13-11-26)17-4-5-18(20(22)23)24-14-17/h4-5,14,16H,6-13,15H2,1-3H3,(H3,22,23). The maximum atomic E-state index is 12.0. The van der Waals surface area contributed by atoms with Crippen molar-refractivity contribution in [2.75, 3.05) is 50.7 Å². The van der Waals surface area contributed by atoms with Crippen LogP contribution >= 0.6 is 0 Å². The monoisotopic (exact) mass is 402 g/mol. The molecule has 0 aromatic carbocycles. The molecule has 160 valence electrons. The van der Waals surface area contributed by atoms with Crippen molar-refractivity contribution in [3.8, 4) is 0 Å². The Kier molecular flexibility index (Phi) is 6.74. The summed E-state index contributed by atoms with van der Waals surface area (Å²) < 4.78 is 5.44. The fraction of sp³-hybridized carbons (Fsp3) is 0.667. The van der Waals surface area contributed by atoms with Crippen molar-refractivity contribution in [2.24, 2.45) is 5.73 Å². The maximum Gasteiger partial charge on any atom is 0.320 e. The molecule has 8 nitrogen and oxygen atoms in total. The minimum Gasteiger partial charge on any atom is -0.459 e. The van der Waals surface area contributed by atoms with Crippen LogP contribution in [0.4, 0.5) is 5.69 Å². The smallest absolute Gasteiger partial charge is 0.320 e. The highest BCUT2D eigenvalue weighted by molar-refractivity contribution is 5.93. The number of rotatable bonds is 5. The van der Waals surface area contributed by atoms with Gasteiger partial charge in [-0.1, -0.05) is 0 Å². The van der Waals surface area contributed by atoms with Gasteiger partial charge >= 0.3 is 5.97 Å². The maximum absolute atomic E-state index is 12.0. The van der Waals surface area contributed by atoms with Crippen molar-refractivity contribution in [2.45, 2.75) is 45.3 Å². The molecular formula is C21H34N6O2. The van der Waals surface area contributed by atoms with Crippen LogP contribution in [0.15, 0.2) is 18.3 Å². The first-order valence-electron chi connectivity index (χ1n) is 10.4.